The Morgan fingerprint density at radius 1 is 1.33 bits per heavy atom. The molecule has 0 unspecified atom stereocenters. The lowest BCUT2D eigenvalue weighted by atomic mass is 9.96. The molecule has 4 nitrogen and oxygen atoms in total. The number of methoxy groups -OCH3 is 1. The van der Waals surface area contributed by atoms with Crippen LogP contribution in [0.1, 0.15) is 24.9 Å². The summed E-state index contributed by atoms with van der Waals surface area (Å²) in [4.78, 5) is 2.24. The van der Waals surface area contributed by atoms with E-state index < -0.39 is 6.36 Å². The number of ether oxygens (including phenoxy) is 2. The van der Waals surface area contributed by atoms with Crippen LogP contribution in [0.2, 0.25) is 0 Å². The number of alkyl halides is 3. The molecule has 0 radical (unpaired) electrons. The van der Waals surface area contributed by atoms with E-state index in [0.717, 1.165) is 31.8 Å². The van der Waals surface area contributed by atoms with Gasteiger partial charge in [-0.1, -0.05) is 5.57 Å². The van der Waals surface area contributed by atoms with Crippen molar-refractivity contribution < 1.29 is 22.6 Å². The van der Waals surface area contributed by atoms with Gasteiger partial charge in [0.25, 0.3) is 0 Å². The monoisotopic (exact) mass is 344 g/mol. The molecular formula is C17H23F3N2O2. The summed E-state index contributed by atoms with van der Waals surface area (Å²) in [7, 11) is 1.51. The molecule has 2 rings (SSSR count). The minimum absolute atomic E-state index is 0.101. The van der Waals surface area contributed by atoms with Crippen LogP contribution in [-0.4, -0.2) is 44.6 Å². The van der Waals surface area contributed by atoms with E-state index in [4.69, 9.17) is 4.74 Å². The Morgan fingerprint density at radius 3 is 2.54 bits per heavy atom. The Labute approximate surface area is 140 Å². The Balaban J connectivity index is 2.37. The summed E-state index contributed by atoms with van der Waals surface area (Å²) in [6.45, 7) is 9.18. The third kappa shape index (κ3) is 5.14. The Hall–Kier alpha value is -1.73. The Morgan fingerprint density at radius 2 is 2.00 bits per heavy atom. The van der Waals surface area contributed by atoms with E-state index in [1.54, 1.807) is 0 Å². The molecule has 1 aliphatic rings. The highest BCUT2D eigenvalue weighted by Gasteiger charge is 2.32. The molecule has 1 heterocycles. The summed E-state index contributed by atoms with van der Waals surface area (Å²) in [5.41, 5.74) is 1.65. The first-order valence-corrected chi connectivity index (χ1v) is 7.83. The van der Waals surface area contributed by atoms with E-state index in [9.17, 15) is 13.2 Å². The smallest absolute Gasteiger partial charge is 0.496 e. The molecule has 0 aromatic heterocycles. The van der Waals surface area contributed by atoms with Gasteiger partial charge in [0.15, 0.2) is 0 Å². The van der Waals surface area contributed by atoms with Gasteiger partial charge in [0.1, 0.15) is 11.5 Å². The minimum Gasteiger partial charge on any atom is -0.496 e. The molecule has 1 aliphatic heterocycles. The van der Waals surface area contributed by atoms with Crippen LogP contribution in [0.3, 0.4) is 0 Å². The second-order valence-electron chi connectivity index (χ2n) is 5.91. The molecule has 1 fully saturated rings. The molecule has 0 saturated carbocycles. The molecule has 1 atom stereocenters. The van der Waals surface area contributed by atoms with Crippen molar-refractivity contribution in [2.75, 3.05) is 33.3 Å². The number of hydrogen-bond donors (Lipinski definition) is 1. The second-order valence-corrected chi connectivity index (χ2v) is 5.91. The topological polar surface area (TPSA) is 33.7 Å². The zero-order chi connectivity index (χ0) is 17.7. The molecule has 1 N–H and O–H groups in total. The van der Waals surface area contributed by atoms with E-state index in [-0.39, 0.29) is 11.8 Å². The number of piperazine rings is 1. The van der Waals surface area contributed by atoms with E-state index in [0.29, 0.717) is 17.7 Å². The fourth-order valence-electron chi connectivity index (χ4n) is 2.93. The van der Waals surface area contributed by atoms with E-state index in [1.165, 1.54) is 25.3 Å². The number of benzene rings is 1. The maximum Gasteiger partial charge on any atom is 0.573 e. The van der Waals surface area contributed by atoms with Crippen LogP contribution in [0.15, 0.2) is 30.4 Å². The van der Waals surface area contributed by atoms with Crippen molar-refractivity contribution in [1.29, 1.82) is 0 Å². The standard InChI is InChI=1S/C17H23F3N2O2/c1-12(2)10-15(22-8-6-21-7-9-22)14-11-13(24-17(18,19)20)4-5-16(14)23-3/h4-5,11,15,21H,1,6-10H2,2-3H3/t15-/m0/s1. The van der Waals surface area contributed by atoms with Gasteiger partial charge in [-0.05, 0) is 31.5 Å². The highest BCUT2D eigenvalue weighted by atomic mass is 19.4. The maximum atomic E-state index is 12.5. The molecular weight excluding hydrogens is 321 g/mol. The van der Waals surface area contributed by atoms with Crippen molar-refractivity contribution >= 4 is 0 Å². The van der Waals surface area contributed by atoms with Gasteiger partial charge >= 0.3 is 6.36 Å². The van der Waals surface area contributed by atoms with Gasteiger partial charge in [-0.15, -0.1) is 19.8 Å². The average Bonchev–Trinajstić information content (AvgIpc) is 2.52. The van der Waals surface area contributed by atoms with Crippen molar-refractivity contribution in [2.24, 2.45) is 0 Å². The highest BCUT2D eigenvalue weighted by Crippen LogP contribution is 2.37. The average molecular weight is 344 g/mol. The van der Waals surface area contributed by atoms with Crippen LogP contribution in [0.5, 0.6) is 11.5 Å². The first-order chi connectivity index (χ1) is 11.3. The van der Waals surface area contributed by atoms with Gasteiger partial charge in [0, 0.05) is 37.8 Å². The summed E-state index contributed by atoms with van der Waals surface area (Å²) < 4.78 is 47.1. The normalized spacial score (nSPS) is 17.4. The highest BCUT2D eigenvalue weighted by molar-refractivity contribution is 5.43. The molecule has 24 heavy (non-hydrogen) atoms. The van der Waals surface area contributed by atoms with Crippen LogP contribution >= 0.6 is 0 Å². The third-order valence-corrected chi connectivity index (χ3v) is 3.93. The van der Waals surface area contributed by atoms with Crippen molar-refractivity contribution in [3.05, 3.63) is 35.9 Å². The molecule has 0 spiro atoms. The van der Waals surface area contributed by atoms with Crippen molar-refractivity contribution in [3.63, 3.8) is 0 Å². The van der Waals surface area contributed by atoms with Crippen LogP contribution < -0.4 is 14.8 Å². The fraction of sp³-hybridized carbons (Fsp3) is 0.529. The molecule has 0 amide bonds. The molecule has 0 bridgehead atoms. The first kappa shape index (κ1) is 18.6. The third-order valence-electron chi connectivity index (χ3n) is 3.93. The zero-order valence-corrected chi connectivity index (χ0v) is 13.9. The van der Waals surface area contributed by atoms with Crippen molar-refractivity contribution in [2.45, 2.75) is 25.7 Å². The number of halogens is 3. The molecule has 0 aliphatic carbocycles. The predicted molar refractivity (Wildman–Crippen MR) is 86.3 cm³/mol. The Kier molecular flexibility index (Phi) is 6.12. The molecule has 1 aromatic carbocycles. The van der Waals surface area contributed by atoms with Gasteiger partial charge in [-0.25, -0.2) is 0 Å². The van der Waals surface area contributed by atoms with Crippen LogP contribution in [-0.2, 0) is 0 Å². The number of nitrogens with zero attached hydrogens (tertiary/aromatic N) is 1. The zero-order valence-electron chi connectivity index (χ0n) is 13.9. The Bertz CT molecular complexity index is 569. The molecule has 1 aromatic rings. The summed E-state index contributed by atoms with van der Waals surface area (Å²) in [5.74, 6) is 0.314. The fourth-order valence-corrected chi connectivity index (χ4v) is 2.93. The number of nitrogens with one attached hydrogen (secondary N) is 1. The summed E-state index contributed by atoms with van der Waals surface area (Å²) in [5, 5.41) is 3.28. The van der Waals surface area contributed by atoms with E-state index in [2.05, 4.69) is 21.5 Å². The molecule has 1 saturated heterocycles. The summed E-state index contributed by atoms with van der Waals surface area (Å²) in [6, 6.07) is 4.11. The lowest BCUT2D eigenvalue weighted by Crippen LogP contribution is -2.45. The van der Waals surface area contributed by atoms with Gasteiger partial charge in [-0.2, -0.15) is 0 Å². The summed E-state index contributed by atoms with van der Waals surface area (Å²) >= 11 is 0. The maximum absolute atomic E-state index is 12.5. The van der Waals surface area contributed by atoms with Gasteiger partial charge in [0.2, 0.25) is 0 Å². The lowest BCUT2D eigenvalue weighted by molar-refractivity contribution is -0.274. The largest absolute Gasteiger partial charge is 0.573 e. The quantitative estimate of drug-likeness (QED) is 0.801. The van der Waals surface area contributed by atoms with E-state index >= 15 is 0 Å². The summed E-state index contributed by atoms with van der Waals surface area (Å²) in [6.07, 6.45) is -4.07. The van der Waals surface area contributed by atoms with Gasteiger partial charge < -0.3 is 14.8 Å². The molecule has 134 valence electrons. The van der Waals surface area contributed by atoms with Crippen LogP contribution in [0.4, 0.5) is 13.2 Å². The van der Waals surface area contributed by atoms with Crippen molar-refractivity contribution in [1.82, 2.24) is 10.2 Å². The van der Waals surface area contributed by atoms with Crippen LogP contribution in [0, 0.1) is 0 Å². The van der Waals surface area contributed by atoms with Gasteiger partial charge in [0.05, 0.1) is 7.11 Å². The molecule has 7 heteroatoms. The van der Waals surface area contributed by atoms with E-state index in [1.807, 2.05) is 6.92 Å². The van der Waals surface area contributed by atoms with Crippen molar-refractivity contribution in [3.8, 4) is 11.5 Å². The predicted octanol–water partition coefficient (Wildman–Crippen LogP) is 3.51. The SMILES string of the molecule is C=C(C)C[C@@H](c1cc(OC(F)(F)F)ccc1OC)N1CCNCC1. The number of rotatable bonds is 6. The first-order valence-electron chi connectivity index (χ1n) is 7.83. The minimum atomic E-state index is -4.72. The second kappa shape index (κ2) is 7.90. The van der Waals surface area contributed by atoms with Crippen LogP contribution in [0.25, 0.3) is 0 Å². The number of hydrogen-bond acceptors (Lipinski definition) is 4. The van der Waals surface area contributed by atoms with Gasteiger partial charge in [-0.3, -0.25) is 4.90 Å². The lowest BCUT2D eigenvalue weighted by Gasteiger charge is -2.36.